The first-order chi connectivity index (χ1) is 62.5. The van der Waals surface area contributed by atoms with Crippen molar-refractivity contribution in [1.29, 1.82) is 0 Å². The molecule has 64 heteroatoms. The summed E-state index contributed by atoms with van der Waals surface area (Å²) in [5, 5.41) is 346. The summed E-state index contributed by atoms with van der Waals surface area (Å²) in [6.45, 7) is -14.9. The fourth-order valence-electron chi connectivity index (χ4n) is 15.8. The molecule has 51 atom stereocenters. The quantitative estimate of drug-likeness (QED) is 0.0153. The number of ether oxygens (including phenoxy) is 22. The summed E-state index contributed by atoms with van der Waals surface area (Å²) in [5.41, 5.74) is 0. The molecule has 0 aromatic heterocycles. The first-order valence-corrected chi connectivity index (χ1v) is 43.7. The second-order valence-electron chi connectivity index (χ2n) is 31.5. The van der Waals surface area contributed by atoms with Gasteiger partial charge in [-0.1, -0.05) is 0 Å². The summed E-state index contributed by atoms with van der Waals surface area (Å²) in [6, 6.07) is 0. The van der Waals surface area contributed by atoms with Gasteiger partial charge in [-0.3, -0.25) is 4.55 Å². The lowest BCUT2D eigenvalue weighted by Crippen LogP contribution is -2.68. The van der Waals surface area contributed by atoms with Gasteiger partial charge < -0.3 is 268 Å². The molecule has 10 fully saturated rings. The third kappa shape index (κ3) is 26.2. The van der Waals surface area contributed by atoms with Crippen molar-refractivity contribution in [2.24, 2.45) is 0 Å². The molecule has 0 bridgehead atoms. The van der Waals surface area contributed by atoms with Gasteiger partial charge >= 0.3 is 20.8 Å². The molecule has 0 aromatic rings. The zero-order chi connectivity index (χ0) is 97.1. The van der Waals surface area contributed by atoms with Crippen molar-refractivity contribution in [3.63, 3.8) is 0 Å². The molecule has 774 valence electrons. The van der Waals surface area contributed by atoms with Crippen LogP contribution in [0.4, 0.5) is 0 Å². The summed E-state index contributed by atoms with van der Waals surface area (Å²) in [4.78, 5) is 0. The zero-order valence-corrected chi connectivity index (χ0v) is 70.5. The molecular formula is C68H118O62S2. The molecule has 10 aliphatic rings. The highest BCUT2D eigenvalue weighted by Crippen LogP contribution is 2.42. The molecular weight excluding hydrogens is 1870 g/mol. The van der Waals surface area contributed by atoms with Crippen LogP contribution in [0.2, 0.25) is 0 Å². The van der Waals surface area contributed by atoms with Gasteiger partial charge in [-0.05, 0) is 0 Å². The predicted molar refractivity (Wildman–Crippen MR) is 395 cm³/mol. The minimum absolute atomic E-state index is 0.0515. The standard InChI is InChI=1S/C68H118O62S2/c69-1-2-106-3-4-107-5-6-108-28(16-79)120-58-56(129-131(101,102)103)30(81)27(119-68(58)128-55-26(15-78)118-66(47(98)39(55)90)126-53-24(13-76)116-64(45(96)37(53)88)124-51-22(11-74)114-62(43(94)35(51)86)122-49-20(9-72)111-60(100)41(92)33(49)84)17-109-132(104,105)130-57-31(82)29(80)18(7-70)112-67(57)127-54-25(14-77)117-65(46(97)38(54)89)125-52-23(12-75)115-63(44(95)36(52)87)123-50-21(10-73)113-61(42(93)34(50)85)121-48-19(8-71)110-59(99)40(91)32(48)83/h18-100H,1-17H2,(H,101,102,103)/t18-,19-,20-,21-,22-,23-,24-,25-,26-,27-,28?,29-,30-,31+,32-,33-,34-,35-,36-,37-,38-,39-,40-,41-,42-,43-,44-,45-,46-,47-,48-,49-,50-,51-,52-,53-,54-,55-,56+,57-,58-,59+,60+,61-,62-,63-,64-,65-,66-,67-,68-/m1/s1. The highest BCUT2D eigenvalue weighted by molar-refractivity contribution is 7.82. The second kappa shape index (κ2) is 50.0. The Kier molecular flexibility index (Phi) is 42.3. The van der Waals surface area contributed by atoms with E-state index in [0.717, 1.165) is 0 Å². The molecule has 10 aliphatic heterocycles. The molecule has 0 aliphatic carbocycles. The topological polar surface area (TPSA) is 967 Å². The maximum atomic E-state index is 14.2. The Hall–Kier alpha value is -2.42. The summed E-state index contributed by atoms with van der Waals surface area (Å²) < 4.78 is 202. The molecule has 10 heterocycles. The van der Waals surface area contributed by atoms with E-state index in [9.17, 15) is 180 Å². The van der Waals surface area contributed by atoms with Gasteiger partial charge in [0.05, 0.1) is 112 Å². The molecule has 0 spiro atoms. The van der Waals surface area contributed by atoms with Crippen molar-refractivity contribution in [3.8, 4) is 0 Å². The number of aliphatic hydroxyl groups is 32. The molecule has 0 saturated carbocycles. The predicted octanol–water partition coefficient (Wildman–Crippen LogP) is -24.3. The molecule has 10 saturated heterocycles. The summed E-state index contributed by atoms with van der Waals surface area (Å²) in [5.74, 6) is 0. The second-order valence-corrected chi connectivity index (χ2v) is 33.8. The fraction of sp³-hybridized carbons (Fsp3) is 1.00. The maximum Gasteiger partial charge on any atom is 0.400 e. The number of aliphatic hydroxyl groups excluding tert-OH is 32. The monoisotopic (exact) mass is 1990 g/mol. The van der Waals surface area contributed by atoms with E-state index in [4.69, 9.17) is 122 Å². The van der Waals surface area contributed by atoms with Crippen molar-refractivity contribution in [2.75, 3.05) is 112 Å². The Morgan fingerprint density at radius 3 is 0.795 bits per heavy atom. The number of rotatable bonds is 44. The molecule has 62 nitrogen and oxygen atoms in total. The van der Waals surface area contributed by atoms with Crippen LogP contribution in [0.15, 0.2) is 0 Å². The SMILES string of the molecule is O=S(=O)(O)O[C@H]1[C@H](O)[C@@H](COS(=O)(=O)O[C@H]2[C@@H](O[C@H]3[C@H](O)[C@@H](O)[C@@H](O[C@H]4[C@H](O)[C@@H](O)[C@@H](O[C@H]5[C@H](O)[C@@H](O)[C@@H](O[C@H]6[C@H](O)[C@@H](O)[C@@H](O)O[C@@H]6CO)O[C@@H]5CO)O[C@@H]4CO)O[C@@H]3CO)O[C@H](CO)[C@@H](O)[C@@H]2O)O[C@H](O[C@H]2[C@H](O)[C@@H](O)[C@@H](O[C@H]3[C@H](O)[C@@H](O)[C@@H](O[C@H]4[C@H](O)[C@@H](O)[C@@H](O[C@H]5[C@H](O)[C@@H](O)[C@@H](O)O[C@@H]5CO)O[C@@H]4CO)O[C@@H]3CO)O[C@@H]2CO)[C@@H]1OC(CO)OCCOCCOCCO. The van der Waals surface area contributed by atoms with Gasteiger partial charge in [0.25, 0.3) is 0 Å². The van der Waals surface area contributed by atoms with Crippen molar-refractivity contribution >= 4 is 20.8 Å². The van der Waals surface area contributed by atoms with E-state index >= 15 is 0 Å². The first-order valence-electron chi connectivity index (χ1n) is 41.0. The zero-order valence-electron chi connectivity index (χ0n) is 68.9. The van der Waals surface area contributed by atoms with Crippen molar-refractivity contribution in [3.05, 3.63) is 0 Å². The lowest BCUT2D eigenvalue weighted by atomic mass is 9.95. The minimum atomic E-state index is -6.02. The maximum absolute atomic E-state index is 14.2. The largest absolute Gasteiger partial charge is 0.400 e. The van der Waals surface area contributed by atoms with Gasteiger partial charge in [0, 0.05) is 0 Å². The summed E-state index contributed by atoms with van der Waals surface area (Å²) in [7, 11) is -12.0. The van der Waals surface area contributed by atoms with Crippen molar-refractivity contribution in [2.45, 2.75) is 313 Å². The molecule has 1 unspecified atom stereocenters. The molecule has 0 amide bonds. The van der Waals surface area contributed by atoms with E-state index in [1.54, 1.807) is 0 Å². The average molecular weight is 1990 g/mol. The highest BCUT2D eigenvalue weighted by atomic mass is 32.3. The fourth-order valence-corrected chi connectivity index (χ4v) is 17.1. The smallest absolute Gasteiger partial charge is 0.394 e. The molecule has 132 heavy (non-hydrogen) atoms. The van der Waals surface area contributed by atoms with E-state index in [1.807, 2.05) is 0 Å². The highest BCUT2D eigenvalue weighted by Gasteiger charge is 2.62. The van der Waals surface area contributed by atoms with Crippen LogP contribution in [-0.2, 0) is 138 Å². The Morgan fingerprint density at radius 1 is 0.242 bits per heavy atom. The summed E-state index contributed by atoms with van der Waals surface area (Å²) in [6.07, 6.45) is -112. The Balaban J connectivity index is 0.817. The third-order valence-electron chi connectivity index (χ3n) is 22.8. The van der Waals surface area contributed by atoms with Crippen LogP contribution >= 0.6 is 0 Å². The van der Waals surface area contributed by atoms with Crippen molar-refractivity contribution in [1.82, 2.24) is 0 Å². The van der Waals surface area contributed by atoms with Gasteiger partial charge in [-0.2, -0.15) is 16.8 Å². The Morgan fingerprint density at radius 2 is 0.500 bits per heavy atom. The van der Waals surface area contributed by atoms with Gasteiger partial charge in [-0.25, -0.2) is 12.5 Å². The lowest BCUT2D eigenvalue weighted by Gasteiger charge is -2.49. The average Bonchev–Trinajstić information content (AvgIpc) is 0.770. The van der Waals surface area contributed by atoms with Crippen LogP contribution in [0, 0.1) is 0 Å². The van der Waals surface area contributed by atoms with Gasteiger partial charge in [0.2, 0.25) is 0 Å². The molecule has 0 radical (unpaired) electrons. The first kappa shape index (κ1) is 112. The summed E-state index contributed by atoms with van der Waals surface area (Å²) >= 11 is 0. The van der Waals surface area contributed by atoms with E-state index in [0.29, 0.717) is 0 Å². The van der Waals surface area contributed by atoms with Crippen LogP contribution in [0.25, 0.3) is 0 Å². The van der Waals surface area contributed by atoms with E-state index in [-0.39, 0.29) is 33.0 Å². The van der Waals surface area contributed by atoms with E-state index in [1.165, 1.54) is 0 Å². The van der Waals surface area contributed by atoms with Crippen LogP contribution < -0.4 is 0 Å². The normalized spacial score (nSPS) is 47.6. The van der Waals surface area contributed by atoms with E-state index < -0.39 is 413 Å². The molecule has 10 rings (SSSR count). The minimum Gasteiger partial charge on any atom is -0.394 e. The van der Waals surface area contributed by atoms with Crippen LogP contribution in [0.1, 0.15) is 0 Å². The van der Waals surface area contributed by atoms with Crippen molar-refractivity contribution < 1.29 is 302 Å². The van der Waals surface area contributed by atoms with Gasteiger partial charge in [0.15, 0.2) is 75.3 Å². The molecule has 0 aromatic carbocycles. The van der Waals surface area contributed by atoms with Gasteiger partial charge in [-0.15, -0.1) is 0 Å². The molecule has 33 N–H and O–H groups in total. The Bertz CT molecular complexity index is 3590. The van der Waals surface area contributed by atoms with E-state index in [2.05, 4.69) is 0 Å². The third-order valence-corrected chi connectivity index (χ3v) is 24.2. The lowest BCUT2D eigenvalue weighted by molar-refractivity contribution is -0.395. The Labute approximate surface area is 745 Å². The number of hydrogen-bond donors (Lipinski definition) is 33. The van der Waals surface area contributed by atoms with Crippen LogP contribution in [-0.4, -0.2) is 610 Å². The number of hydrogen-bond acceptors (Lipinski definition) is 61. The van der Waals surface area contributed by atoms with Crippen LogP contribution in [0.3, 0.4) is 0 Å². The van der Waals surface area contributed by atoms with Gasteiger partial charge in [0.1, 0.15) is 238 Å². The van der Waals surface area contributed by atoms with Crippen LogP contribution in [0.5, 0.6) is 0 Å².